The van der Waals surface area contributed by atoms with E-state index in [1.807, 2.05) is 0 Å². The van der Waals surface area contributed by atoms with Crippen molar-refractivity contribution in [3.05, 3.63) is 47.8 Å². The number of benzene rings is 2. The van der Waals surface area contributed by atoms with Gasteiger partial charge in [0.25, 0.3) is 15.9 Å². The minimum absolute atomic E-state index is 0.0150. The number of aliphatic carboxylic acids is 1. The Morgan fingerprint density at radius 1 is 1.30 bits per heavy atom. The van der Waals surface area contributed by atoms with Gasteiger partial charge in [-0.2, -0.15) is 0 Å². The zero-order chi connectivity index (χ0) is 19.8. The number of hydrogen-bond acceptors (Lipinski definition) is 5. The second-order valence-electron chi connectivity index (χ2n) is 5.88. The molecule has 2 aromatic rings. The van der Waals surface area contributed by atoms with Gasteiger partial charge in [-0.15, -0.1) is 0 Å². The molecule has 0 unspecified atom stereocenters. The molecule has 27 heavy (non-hydrogen) atoms. The summed E-state index contributed by atoms with van der Waals surface area (Å²) in [6.07, 6.45) is 0. The van der Waals surface area contributed by atoms with Crippen LogP contribution >= 0.6 is 0 Å². The maximum absolute atomic E-state index is 13.9. The van der Waals surface area contributed by atoms with E-state index in [-0.39, 0.29) is 28.6 Å². The van der Waals surface area contributed by atoms with Gasteiger partial charge < -0.3 is 9.84 Å². The maximum Gasteiger partial charge on any atom is 0.323 e. The van der Waals surface area contributed by atoms with Gasteiger partial charge in [0.15, 0.2) is 6.61 Å². The third kappa shape index (κ3) is 3.85. The Morgan fingerprint density at radius 2 is 2.04 bits per heavy atom. The van der Waals surface area contributed by atoms with E-state index >= 15 is 0 Å². The van der Waals surface area contributed by atoms with Gasteiger partial charge in [-0.1, -0.05) is 6.07 Å². The monoisotopic (exact) mass is 394 g/mol. The molecule has 0 bridgehead atoms. The number of anilines is 2. The molecule has 1 heterocycles. The average Bonchev–Trinajstić information content (AvgIpc) is 2.60. The van der Waals surface area contributed by atoms with Crippen molar-refractivity contribution in [3.8, 4) is 5.75 Å². The SMILES string of the molecule is Cc1ccc(F)c(NS(=O)(=O)c2ccc3c(c2)N(CC(=O)O)C(=O)CO3)c1. The van der Waals surface area contributed by atoms with E-state index in [1.54, 1.807) is 6.92 Å². The predicted octanol–water partition coefficient (Wildman–Crippen LogP) is 1.74. The molecule has 10 heteroatoms. The number of aryl methyl sites for hydroxylation is 1. The van der Waals surface area contributed by atoms with Gasteiger partial charge in [0.1, 0.15) is 18.1 Å². The Labute approximate surface area is 154 Å². The van der Waals surface area contributed by atoms with E-state index in [1.165, 1.54) is 24.3 Å². The zero-order valence-electron chi connectivity index (χ0n) is 14.1. The van der Waals surface area contributed by atoms with Crippen molar-refractivity contribution in [2.45, 2.75) is 11.8 Å². The van der Waals surface area contributed by atoms with Crippen molar-refractivity contribution < 1.29 is 32.2 Å². The molecule has 0 aliphatic carbocycles. The molecule has 3 rings (SSSR count). The second-order valence-corrected chi connectivity index (χ2v) is 7.56. The van der Waals surface area contributed by atoms with Gasteiger partial charge in [-0.25, -0.2) is 12.8 Å². The van der Waals surface area contributed by atoms with Crippen molar-refractivity contribution >= 4 is 33.3 Å². The Morgan fingerprint density at radius 3 is 2.74 bits per heavy atom. The van der Waals surface area contributed by atoms with Crippen LogP contribution in [-0.4, -0.2) is 38.6 Å². The highest BCUT2D eigenvalue weighted by Crippen LogP contribution is 2.34. The van der Waals surface area contributed by atoms with Gasteiger partial charge >= 0.3 is 5.97 Å². The molecule has 8 nitrogen and oxygen atoms in total. The Balaban J connectivity index is 2.00. The van der Waals surface area contributed by atoms with Crippen LogP contribution < -0.4 is 14.4 Å². The lowest BCUT2D eigenvalue weighted by Crippen LogP contribution is -2.42. The van der Waals surface area contributed by atoms with Crippen molar-refractivity contribution in [2.24, 2.45) is 0 Å². The number of carboxylic acid groups (broad SMARTS) is 1. The molecular weight excluding hydrogens is 379 g/mol. The lowest BCUT2D eigenvalue weighted by molar-refractivity contribution is -0.137. The Bertz CT molecular complexity index is 1040. The third-order valence-electron chi connectivity index (χ3n) is 3.84. The topological polar surface area (TPSA) is 113 Å². The molecule has 2 aromatic carbocycles. The fourth-order valence-electron chi connectivity index (χ4n) is 2.58. The second kappa shape index (κ2) is 6.88. The number of rotatable bonds is 5. The van der Waals surface area contributed by atoms with Crippen LogP contribution in [0.15, 0.2) is 41.3 Å². The zero-order valence-corrected chi connectivity index (χ0v) is 14.9. The van der Waals surface area contributed by atoms with Gasteiger partial charge in [0.2, 0.25) is 0 Å². The number of ether oxygens (including phenoxy) is 1. The van der Waals surface area contributed by atoms with E-state index in [4.69, 9.17) is 9.84 Å². The lowest BCUT2D eigenvalue weighted by atomic mass is 10.2. The van der Waals surface area contributed by atoms with E-state index in [9.17, 15) is 22.4 Å². The largest absolute Gasteiger partial charge is 0.482 e. The number of hydrogen-bond donors (Lipinski definition) is 2. The van der Waals surface area contributed by atoms with E-state index in [0.717, 1.165) is 17.0 Å². The lowest BCUT2D eigenvalue weighted by Gasteiger charge is -2.28. The quantitative estimate of drug-likeness (QED) is 0.799. The molecule has 0 fully saturated rings. The number of halogens is 1. The standard InChI is InChI=1S/C17H15FN2O6S/c1-10-2-4-12(18)13(6-10)19-27(24,25)11-3-5-15-14(7-11)20(8-17(22)23)16(21)9-26-15/h2-7,19H,8-9H2,1H3,(H,22,23). The van der Waals surface area contributed by atoms with Crippen LogP contribution in [-0.2, 0) is 19.6 Å². The summed E-state index contributed by atoms with van der Waals surface area (Å²) in [5.41, 5.74) is 0.454. The van der Waals surface area contributed by atoms with Gasteiger partial charge in [0.05, 0.1) is 16.3 Å². The molecule has 0 saturated carbocycles. The van der Waals surface area contributed by atoms with Gasteiger partial charge in [0, 0.05) is 0 Å². The number of amides is 1. The number of nitrogens with zero attached hydrogens (tertiary/aromatic N) is 1. The number of carbonyl (C=O) groups is 2. The summed E-state index contributed by atoms with van der Waals surface area (Å²) in [4.78, 5) is 23.6. The van der Waals surface area contributed by atoms with Gasteiger partial charge in [-0.05, 0) is 42.8 Å². The Hall–Kier alpha value is -3.14. The molecule has 1 aliphatic heterocycles. The summed E-state index contributed by atoms with van der Waals surface area (Å²) < 4.78 is 46.5. The fraction of sp³-hybridized carbons (Fsp3) is 0.176. The molecule has 1 aliphatic rings. The van der Waals surface area contributed by atoms with Crippen LogP contribution in [0.25, 0.3) is 0 Å². The van der Waals surface area contributed by atoms with Crippen molar-refractivity contribution in [2.75, 3.05) is 22.8 Å². The number of nitrogens with one attached hydrogen (secondary N) is 1. The molecular formula is C17H15FN2O6S. The number of sulfonamides is 1. The van der Waals surface area contributed by atoms with Crippen LogP contribution in [0.2, 0.25) is 0 Å². The van der Waals surface area contributed by atoms with E-state index in [2.05, 4.69) is 4.72 Å². The average molecular weight is 394 g/mol. The number of carbonyl (C=O) groups excluding carboxylic acids is 1. The molecule has 0 atom stereocenters. The first-order valence-electron chi connectivity index (χ1n) is 7.75. The van der Waals surface area contributed by atoms with Crippen LogP contribution in [0.3, 0.4) is 0 Å². The smallest absolute Gasteiger partial charge is 0.323 e. The van der Waals surface area contributed by atoms with Crippen LogP contribution in [0.5, 0.6) is 5.75 Å². The number of carboxylic acids is 1. The summed E-state index contributed by atoms with van der Waals surface area (Å²) in [5.74, 6) is -2.44. The minimum atomic E-state index is -4.19. The Kier molecular flexibility index (Phi) is 4.75. The first-order chi connectivity index (χ1) is 12.7. The maximum atomic E-state index is 13.9. The molecule has 142 valence electrons. The summed E-state index contributed by atoms with van der Waals surface area (Å²) in [7, 11) is -4.19. The molecule has 0 spiro atoms. The molecule has 2 N–H and O–H groups in total. The summed E-state index contributed by atoms with van der Waals surface area (Å²) in [6, 6.07) is 7.64. The summed E-state index contributed by atoms with van der Waals surface area (Å²) >= 11 is 0. The summed E-state index contributed by atoms with van der Waals surface area (Å²) in [6.45, 7) is 0.695. The minimum Gasteiger partial charge on any atom is -0.482 e. The highest BCUT2D eigenvalue weighted by Gasteiger charge is 2.29. The highest BCUT2D eigenvalue weighted by molar-refractivity contribution is 7.92. The van der Waals surface area contributed by atoms with Crippen LogP contribution in [0.1, 0.15) is 5.56 Å². The third-order valence-corrected chi connectivity index (χ3v) is 5.21. The van der Waals surface area contributed by atoms with E-state index in [0.29, 0.717) is 5.56 Å². The fourth-order valence-corrected chi connectivity index (χ4v) is 3.66. The predicted molar refractivity (Wildman–Crippen MR) is 93.9 cm³/mol. The van der Waals surface area contributed by atoms with Crippen LogP contribution in [0.4, 0.5) is 15.8 Å². The highest BCUT2D eigenvalue weighted by atomic mass is 32.2. The molecule has 1 amide bonds. The molecule has 0 aromatic heterocycles. The first kappa shape index (κ1) is 18.6. The first-order valence-corrected chi connectivity index (χ1v) is 9.23. The number of fused-ring (bicyclic) bond motifs is 1. The van der Waals surface area contributed by atoms with Crippen molar-refractivity contribution in [1.82, 2.24) is 0 Å². The molecule has 0 radical (unpaired) electrons. The van der Waals surface area contributed by atoms with Crippen molar-refractivity contribution in [3.63, 3.8) is 0 Å². The summed E-state index contributed by atoms with van der Waals surface area (Å²) in [5, 5.41) is 8.98. The van der Waals surface area contributed by atoms with Crippen LogP contribution in [0, 0.1) is 12.7 Å². The molecule has 0 saturated heterocycles. The van der Waals surface area contributed by atoms with Gasteiger partial charge in [-0.3, -0.25) is 19.2 Å². The normalized spacial score (nSPS) is 13.7. The van der Waals surface area contributed by atoms with E-state index < -0.39 is 34.3 Å². The van der Waals surface area contributed by atoms with Crippen molar-refractivity contribution in [1.29, 1.82) is 0 Å².